The minimum absolute atomic E-state index is 0.390. The fourth-order valence-electron chi connectivity index (χ4n) is 6.60. The Bertz CT molecular complexity index is 1720. The van der Waals surface area contributed by atoms with E-state index in [4.69, 9.17) is 32.7 Å². The zero-order chi connectivity index (χ0) is 34.1. The zero-order valence-corrected chi connectivity index (χ0v) is 27.9. The van der Waals surface area contributed by atoms with Crippen LogP contribution in [0.3, 0.4) is 0 Å². The number of esters is 2. The van der Waals surface area contributed by atoms with Crippen LogP contribution >= 0.6 is 23.2 Å². The average Bonchev–Trinajstić information content (AvgIpc) is 3.11. The number of nitrogens with one attached hydrogen (secondary N) is 4. The molecule has 6 N–H and O–H groups in total. The molecule has 12 heteroatoms. The monoisotopic (exact) mass is 690 g/mol. The summed E-state index contributed by atoms with van der Waals surface area (Å²) in [6, 6.07) is 25.1. The summed E-state index contributed by atoms with van der Waals surface area (Å²) in [4.78, 5) is 27.7. The minimum atomic E-state index is -2.32. The second kappa shape index (κ2) is 13.8. The third-order valence-electron chi connectivity index (χ3n) is 8.88. The number of rotatable bonds is 9. The second-order valence-corrected chi connectivity index (χ2v) is 12.5. The molecule has 0 amide bonds. The summed E-state index contributed by atoms with van der Waals surface area (Å²) in [5.74, 6) is -2.51. The molecule has 2 aliphatic rings. The molecule has 4 aromatic rings. The number of hydrogen-bond donors (Lipinski definition) is 6. The van der Waals surface area contributed by atoms with Crippen LogP contribution in [-0.4, -0.2) is 61.5 Å². The number of aliphatic hydroxyl groups is 2. The van der Waals surface area contributed by atoms with Gasteiger partial charge in [0.15, 0.2) is 12.2 Å². The van der Waals surface area contributed by atoms with Gasteiger partial charge in [0.2, 0.25) is 11.4 Å². The maximum Gasteiger partial charge on any atom is 0.340 e. The Balaban J connectivity index is 1.36. The van der Waals surface area contributed by atoms with Crippen molar-refractivity contribution in [3.63, 3.8) is 0 Å². The van der Waals surface area contributed by atoms with Crippen LogP contribution in [-0.2, 0) is 43.4 Å². The smallest absolute Gasteiger partial charge is 0.340 e. The van der Waals surface area contributed by atoms with Gasteiger partial charge in [-0.3, -0.25) is 10.6 Å². The van der Waals surface area contributed by atoms with Crippen molar-refractivity contribution in [1.29, 1.82) is 0 Å². The van der Waals surface area contributed by atoms with Crippen molar-refractivity contribution < 1.29 is 29.3 Å². The lowest BCUT2D eigenvalue weighted by Gasteiger charge is -2.42. The summed E-state index contributed by atoms with van der Waals surface area (Å²) >= 11 is 12.9. The summed E-state index contributed by atoms with van der Waals surface area (Å²) < 4.78 is 12.2. The highest BCUT2D eigenvalue weighted by atomic mass is 35.5. The van der Waals surface area contributed by atoms with Gasteiger partial charge in [-0.2, -0.15) is 0 Å². The minimum Gasteiger partial charge on any atom is -0.433 e. The zero-order valence-electron chi connectivity index (χ0n) is 26.3. The van der Waals surface area contributed by atoms with Crippen molar-refractivity contribution in [1.82, 2.24) is 10.6 Å². The van der Waals surface area contributed by atoms with Gasteiger partial charge in [-0.25, -0.2) is 9.59 Å². The van der Waals surface area contributed by atoms with E-state index in [2.05, 4.69) is 21.3 Å². The van der Waals surface area contributed by atoms with Crippen molar-refractivity contribution >= 4 is 46.5 Å². The SMILES string of the molecule is CNc1ccc(Cl)cc1C1(OC(=O)C(O)C(O)C(=O)OC2(c3cc(Cl)ccc3NC)NCCc3ccccc32)NCCc2ccccc21. The molecule has 0 aliphatic carbocycles. The summed E-state index contributed by atoms with van der Waals surface area (Å²) in [6.07, 6.45) is -3.34. The quantitative estimate of drug-likeness (QED) is 0.141. The highest BCUT2D eigenvalue weighted by Gasteiger charge is 2.49. The Morgan fingerprint density at radius 3 is 1.46 bits per heavy atom. The van der Waals surface area contributed by atoms with Crippen LogP contribution in [0, 0.1) is 0 Å². The van der Waals surface area contributed by atoms with E-state index in [-0.39, 0.29) is 0 Å². The molecule has 48 heavy (non-hydrogen) atoms. The van der Waals surface area contributed by atoms with Gasteiger partial charge >= 0.3 is 11.9 Å². The molecule has 0 bridgehead atoms. The second-order valence-electron chi connectivity index (χ2n) is 11.6. The Labute approximate surface area is 288 Å². The van der Waals surface area contributed by atoms with Crippen molar-refractivity contribution in [2.24, 2.45) is 0 Å². The lowest BCUT2D eigenvalue weighted by atomic mass is 9.85. The van der Waals surface area contributed by atoms with Gasteiger partial charge < -0.3 is 30.3 Å². The number of anilines is 2. The van der Waals surface area contributed by atoms with Crippen molar-refractivity contribution in [3.05, 3.63) is 128 Å². The molecule has 10 nitrogen and oxygen atoms in total. The predicted molar refractivity (Wildman–Crippen MR) is 184 cm³/mol. The number of carbonyl (C=O) groups excluding carboxylic acids is 2. The molecule has 0 fully saturated rings. The largest absolute Gasteiger partial charge is 0.433 e. The normalized spacial score (nSPS) is 21.2. The maximum absolute atomic E-state index is 13.8. The van der Waals surface area contributed by atoms with Gasteiger partial charge in [-0.15, -0.1) is 0 Å². The van der Waals surface area contributed by atoms with Crippen LogP contribution < -0.4 is 21.3 Å². The molecular formula is C36H36Cl2N4O6. The third-order valence-corrected chi connectivity index (χ3v) is 9.35. The first-order valence-corrected chi connectivity index (χ1v) is 16.3. The van der Waals surface area contributed by atoms with Gasteiger partial charge in [-0.1, -0.05) is 71.7 Å². The molecule has 0 saturated heterocycles. The topological polar surface area (TPSA) is 141 Å². The van der Waals surface area contributed by atoms with Crippen LogP contribution in [0.2, 0.25) is 10.0 Å². The molecule has 0 saturated carbocycles. The van der Waals surface area contributed by atoms with Crippen molar-refractivity contribution in [3.8, 4) is 0 Å². The number of benzene rings is 4. The van der Waals surface area contributed by atoms with Gasteiger partial charge in [0.25, 0.3) is 0 Å². The van der Waals surface area contributed by atoms with Crippen LogP contribution in [0.25, 0.3) is 0 Å². The van der Waals surface area contributed by atoms with Gasteiger partial charge in [0.05, 0.1) is 0 Å². The van der Waals surface area contributed by atoms with Gasteiger partial charge in [-0.05, 0) is 60.4 Å². The van der Waals surface area contributed by atoms with E-state index in [1.54, 1.807) is 50.5 Å². The van der Waals surface area contributed by atoms with E-state index in [1.807, 2.05) is 48.5 Å². The standard InChI is InChI=1S/C36H36Cl2N4O6/c1-39-29-13-11-23(37)19-27(29)35(25-9-5-3-7-21(25)15-17-41-35)47-33(45)31(43)32(44)34(46)48-36(28-20-24(38)12-14-30(28)40-2)26-10-6-4-8-22(26)16-18-42-36/h3-14,19-20,31-32,39-44H,15-18H2,1-2H3. The van der Waals surface area contributed by atoms with E-state index in [1.165, 1.54) is 0 Å². The predicted octanol–water partition coefficient (Wildman–Crippen LogP) is 4.28. The Morgan fingerprint density at radius 2 is 1.06 bits per heavy atom. The Morgan fingerprint density at radius 1 is 0.667 bits per heavy atom. The van der Waals surface area contributed by atoms with E-state index >= 15 is 0 Å². The van der Waals surface area contributed by atoms with Crippen LogP contribution in [0.4, 0.5) is 11.4 Å². The first-order valence-electron chi connectivity index (χ1n) is 15.6. The number of aliphatic hydroxyl groups excluding tert-OH is 2. The Hall–Kier alpha value is -4.16. The molecule has 2 aliphatic heterocycles. The number of halogens is 2. The van der Waals surface area contributed by atoms with E-state index in [9.17, 15) is 19.8 Å². The lowest BCUT2D eigenvalue weighted by molar-refractivity contribution is -0.190. The highest BCUT2D eigenvalue weighted by Crippen LogP contribution is 2.43. The number of carbonyl (C=O) groups is 2. The molecule has 0 spiro atoms. The van der Waals surface area contributed by atoms with E-state index in [0.29, 0.717) is 69.6 Å². The summed E-state index contributed by atoms with van der Waals surface area (Å²) in [5.41, 5.74) is 1.99. The Kier molecular flexibility index (Phi) is 9.67. The fourth-order valence-corrected chi connectivity index (χ4v) is 6.95. The van der Waals surface area contributed by atoms with Crippen molar-refractivity contribution in [2.45, 2.75) is 36.5 Å². The number of fused-ring (bicyclic) bond motifs is 2. The molecular weight excluding hydrogens is 655 g/mol. The molecule has 0 radical (unpaired) electrons. The van der Waals surface area contributed by atoms with Crippen LogP contribution in [0.15, 0.2) is 84.9 Å². The van der Waals surface area contributed by atoms with Crippen LogP contribution in [0.5, 0.6) is 0 Å². The number of hydrogen-bond acceptors (Lipinski definition) is 10. The molecule has 4 aromatic carbocycles. The highest BCUT2D eigenvalue weighted by molar-refractivity contribution is 6.31. The first kappa shape index (κ1) is 33.7. The first-order chi connectivity index (χ1) is 23.1. The molecule has 4 unspecified atom stereocenters. The molecule has 250 valence electrons. The summed E-state index contributed by atoms with van der Waals surface area (Å²) in [7, 11) is 3.44. The summed E-state index contributed by atoms with van der Waals surface area (Å²) in [6.45, 7) is 0.837. The van der Waals surface area contributed by atoms with Crippen molar-refractivity contribution in [2.75, 3.05) is 37.8 Å². The fraction of sp³-hybridized carbons (Fsp3) is 0.278. The van der Waals surface area contributed by atoms with Crippen LogP contribution in [0.1, 0.15) is 33.4 Å². The molecule has 6 rings (SSSR count). The number of ether oxygens (including phenoxy) is 2. The van der Waals surface area contributed by atoms with E-state index in [0.717, 1.165) is 11.1 Å². The average molecular weight is 692 g/mol. The molecule has 2 heterocycles. The molecule has 0 aromatic heterocycles. The maximum atomic E-state index is 13.8. The van der Waals surface area contributed by atoms with Gasteiger partial charge in [0.1, 0.15) is 0 Å². The third kappa shape index (κ3) is 6.00. The van der Waals surface area contributed by atoms with Gasteiger partial charge in [0, 0.05) is 70.9 Å². The lowest BCUT2D eigenvalue weighted by Crippen LogP contribution is -2.56. The van der Waals surface area contributed by atoms with E-state index < -0.39 is 35.6 Å². The summed E-state index contributed by atoms with van der Waals surface area (Å²) in [5, 5.41) is 36.1. The molecule has 4 atom stereocenters.